The lowest BCUT2D eigenvalue weighted by Gasteiger charge is -2.24. The predicted octanol–water partition coefficient (Wildman–Crippen LogP) is 0.696. The van der Waals surface area contributed by atoms with Crippen LogP contribution in [0.2, 0.25) is 0 Å². The third kappa shape index (κ3) is 6.15. The summed E-state index contributed by atoms with van der Waals surface area (Å²) in [7, 11) is 4.02. The van der Waals surface area contributed by atoms with Crippen molar-refractivity contribution < 1.29 is 4.79 Å². The molecule has 0 aliphatic carbocycles. The fourth-order valence-electron chi connectivity index (χ4n) is 2.29. The number of carbonyl (C=O) groups is 1. The number of tetrazole rings is 1. The SMILES string of the molecule is CN(C)CCN(CCCc1ccccc1)C(=O)Cn1cnnn1. The molecule has 0 fully saturated rings. The number of nitrogens with zero attached hydrogens (tertiary/aromatic N) is 6. The minimum atomic E-state index is 0.0483. The molecule has 7 heteroatoms. The van der Waals surface area contributed by atoms with E-state index in [-0.39, 0.29) is 12.5 Å². The Morgan fingerprint density at radius 3 is 2.57 bits per heavy atom. The number of aryl methyl sites for hydroxylation is 1. The first-order chi connectivity index (χ1) is 11.1. The molecule has 0 aliphatic rings. The lowest BCUT2D eigenvalue weighted by Crippen LogP contribution is -2.39. The molecule has 1 aromatic heterocycles. The van der Waals surface area contributed by atoms with Crippen LogP contribution in [0.5, 0.6) is 0 Å². The van der Waals surface area contributed by atoms with Crippen molar-refractivity contribution in [1.82, 2.24) is 30.0 Å². The maximum Gasteiger partial charge on any atom is 0.244 e. The van der Waals surface area contributed by atoms with Gasteiger partial charge in [0.25, 0.3) is 0 Å². The van der Waals surface area contributed by atoms with Crippen LogP contribution in [0.1, 0.15) is 12.0 Å². The van der Waals surface area contributed by atoms with Crippen molar-refractivity contribution in [1.29, 1.82) is 0 Å². The Morgan fingerprint density at radius 1 is 1.13 bits per heavy atom. The summed E-state index contributed by atoms with van der Waals surface area (Å²) in [6.07, 6.45) is 3.38. The van der Waals surface area contributed by atoms with E-state index in [4.69, 9.17) is 0 Å². The normalized spacial score (nSPS) is 10.9. The number of likely N-dealkylation sites (N-methyl/N-ethyl adjacent to an activating group) is 1. The zero-order valence-electron chi connectivity index (χ0n) is 13.8. The Kier molecular flexibility index (Phi) is 6.68. The van der Waals surface area contributed by atoms with E-state index < -0.39 is 0 Å². The molecule has 0 atom stereocenters. The molecule has 1 aromatic carbocycles. The summed E-state index contributed by atoms with van der Waals surface area (Å²) in [5.74, 6) is 0.0483. The van der Waals surface area contributed by atoms with Crippen LogP contribution in [0.25, 0.3) is 0 Å². The standard InChI is InChI=1S/C16H24N6O/c1-20(2)11-12-21(16(23)13-22-14-17-18-19-22)10-6-9-15-7-4-3-5-8-15/h3-5,7-8,14H,6,9-13H2,1-2H3. The molecule has 23 heavy (non-hydrogen) atoms. The second-order valence-electron chi connectivity index (χ2n) is 5.78. The summed E-state index contributed by atoms with van der Waals surface area (Å²) < 4.78 is 1.46. The molecule has 0 spiro atoms. The molecule has 2 aromatic rings. The number of hydrogen-bond donors (Lipinski definition) is 0. The van der Waals surface area contributed by atoms with Gasteiger partial charge in [-0.25, -0.2) is 4.68 Å². The van der Waals surface area contributed by atoms with Crippen LogP contribution < -0.4 is 0 Å². The molecule has 0 N–H and O–H groups in total. The van der Waals surface area contributed by atoms with Gasteiger partial charge in [0.1, 0.15) is 12.9 Å². The van der Waals surface area contributed by atoms with E-state index in [2.05, 4.69) is 32.6 Å². The van der Waals surface area contributed by atoms with E-state index in [0.29, 0.717) is 6.54 Å². The van der Waals surface area contributed by atoms with Crippen LogP contribution in [0.15, 0.2) is 36.7 Å². The second kappa shape index (κ2) is 8.99. The average Bonchev–Trinajstić information content (AvgIpc) is 3.04. The van der Waals surface area contributed by atoms with Gasteiger partial charge in [0.05, 0.1) is 0 Å². The topological polar surface area (TPSA) is 67.2 Å². The Balaban J connectivity index is 1.86. The summed E-state index contributed by atoms with van der Waals surface area (Å²) in [6.45, 7) is 2.48. The van der Waals surface area contributed by atoms with Gasteiger partial charge in [-0.1, -0.05) is 30.3 Å². The van der Waals surface area contributed by atoms with Crippen LogP contribution in [0.4, 0.5) is 0 Å². The molecule has 1 amide bonds. The molecule has 0 saturated heterocycles. The zero-order chi connectivity index (χ0) is 16.5. The van der Waals surface area contributed by atoms with Crippen LogP contribution in [0, 0.1) is 0 Å². The Morgan fingerprint density at radius 2 is 1.91 bits per heavy atom. The van der Waals surface area contributed by atoms with E-state index in [9.17, 15) is 4.79 Å². The van der Waals surface area contributed by atoms with E-state index >= 15 is 0 Å². The van der Waals surface area contributed by atoms with Gasteiger partial charge in [0.2, 0.25) is 5.91 Å². The Hall–Kier alpha value is -2.28. The van der Waals surface area contributed by atoms with Crippen LogP contribution in [-0.4, -0.2) is 69.6 Å². The van der Waals surface area contributed by atoms with Crippen molar-refractivity contribution in [2.75, 3.05) is 33.7 Å². The highest BCUT2D eigenvalue weighted by molar-refractivity contribution is 5.75. The molecule has 0 unspecified atom stereocenters. The van der Waals surface area contributed by atoms with Gasteiger partial charge >= 0.3 is 0 Å². The smallest absolute Gasteiger partial charge is 0.244 e. The summed E-state index contributed by atoms with van der Waals surface area (Å²) in [5.41, 5.74) is 1.30. The lowest BCUT2D eigenvalue weighted by atomic mass is 10.1. The minimum absolute atomic E-state index is 0.0483. The summed E-state index contributed by atoms with van der Waals surface area (Å²) in [6, 6.07) is 10.3. The Labute approximate surface area is 136 Å². The molecular formula is C16H24N6O. The minimum Gasteiger partial charge on any atom is -0.340 e. The monoisotopic (exact) mass is 316 g/mol. The van der Waals surface area contributed by atoms with Gasteiger partial charge in [0, 0.05) is 19.6 Å². The number of aromatic nitrogens is 4. The maximum absolute atomic E-state index is 12.5. The maximum atomic E-state index is 12.5. The number of amides is 1. The van der Waals surface area contributed by atoms with Gasteiger partial charge in [-0.05, 0) is 42.9 Å². The second-order valence-corrected chi connectivity index (χ2v) is 5.78. The number of benzene rings is 1. The van der Waals surface area contributed by atoms with Crippen molar-refractivity contribution in [3.05, 3.63) is 42.2 Å². The number of rotatable bonds is 9. The van der Waals surface area contributed by atoms with Gasteiger partial charge < -0.3 is 9.80 Å². The van der Waals surface area contributed by atoms with Gasteiger partial charge in [-0.15, -0.1) is 5.10 Å². The van der Waals surface area contributed by atoms with Crippen molar-refractivity contribution in [2.45, 2.75) is 19.4 Å². The van der Waals surface area contributed by atoms with Crippen LogP contribution in [-0.2, 0) is 17.8 Å². The van der Waals surface area contributed by atoms with Gasteiger partial charge in [-0.3, -0.25) is 4.79 Å². The van der Waals surface area contributed by atoms with Crippen LogP contribution in [0.3, 0.4) is 0 Å². The Bertz CT molecular complexity index is 570. The molecule has 0 radical (unpaired) electrons. The molecule has 0 saturated carbocycles. The predicted molar refractivity (Wildman–Crippen MR) is 87.7 cm³/mol. The third-order valence-corrected chi connectivity index (χ3v) is 3.59. The largest absolute Gasteiger partial charge is 0.340 e. The first-order valence-corrected chi connectivity index (χ1v) is 7.82. The fraction of sp³-hybridized carbons (Fsp3) is 0.500. The third-order valence-electron chi connectivity index (χ3n) is 3.59. The molecular weight excluding hydrogens is 292 g/mol. The van der Waals surface area contributed by atoms with Crippen molar-refractivity contribution in [3.8, 4) is 0 Å². The van der Waals surface area contributed by atoms with Gasteiger partial charge in [-0.2, -0.15) is 0 Å². The first kappa shape index (κ1) is 17.1. The average molecular weight is 316 g/mol. The van der Waals surface area contributed by atoms with E-state index in [1.807, 2.05) is 37.2 Å². The van der Waals surface area contributed by atoms with E-state index in [1.165, 1.54) is 16.6 Å². The van der Waals surface area contributed by atoms with Crippen molar-refractivity contribution in [2.24, 2.45) is 0 Å². The molecule has 0 aliphatic heterocycles. The summed E-state index contributed by atoms with van der Waals surface area (Å²) in [5, 5.41) is 10.9. The van der Waals surface area contributed by atoms with E-state index in [1.54, 1.807) is 0 Å². The molecule has 124 valence electrons. The summed E-state index contributed by atoms with van der Waals surface area (Å²) in [4.78, 5) is 16.4. The molecule has 2 rings (SSSR count). The highest BCUT2D eigenvalue weighted by atomic mass is 16.2. The summed E-state index contributed by atoms with van der Waals surface area (Å²) >= 11 is 0. The lowest BCUT2D eigenvalue weighted by molar-refractivity contribution is -0.132. The number of hydrogen-bond acceptors (Lipinski definition) is 5. The highest BCUT2D eigenvalue weighted by Crippen LogP contribution is 2.04. The first-order valence-electron chi connectivity index (χ1n) is 7.82. The number of carbonyl (C=O) groups excluding carboxylic acids is 1. The quantitative estimate of drug-likeness (QED) is 0.681. The van der Waals surface area contributed by atoms with Gasteiger partial charge in [0.15, 0.2) is 0 Å². The fourth-order valence-corrected chi connectivity index (χ4v) is 2.29. The zero-order valence-corrected chi connectivity index (χ0v) is 13.8. The molecule has 7 nitrogen and oxygen atoms in total. The molecule has 0 bridgehead atoms. The highest BCUT2D eigenvalue weighted by Gasteiger charge is 2.14. The van der Waals surface area contributed by atoms with Crippen LogP contribution >= 0.6 is 0 Å². The van der Waals surface area contributed by atoms with Crippen molar-refractivity contribution in [3.63, 3.8) is 0 Å². The van der Waals surface area contributed by atoms with E-state index in [0.717, 1.165) is 25.9 Å². The van der Waals surface area contributed by atoms with Crippen molar-refractivity contribution >= 4 is 5.91 Å². The molecule has 1 heterocycles.